The molecule has 1 unspecified atom stereocenters. The highest BCUT2D eigenvalue weighted by Gasteiger charge is 2.36. The summed E-state index contributed by atoms with van der Waals surface area (Å²) in [5.74, 6) is 1.33. The van der Waals surface area contributed by atoms with Gasteiger partial charge in [-0.25, -0.2) is 0 Å². The molecule has 0 aliphatic carbocycles. The third kappa shape index (κ3) is 3.97. The van der Waals surface area contributed by atoms with Gasteiger partial charge >= 0.3 is 0 Å². The van der Waals surface area contributed by atoms with Crippen LogP contribution in [0, 0.1) is 0 Å². The Morgan fingerprint density at radius 2 is 1.17 bits per heavy atom. The van der Waals surface area contributed by atoms with Crippen LogP contribution in [0.5, 0.6) is 0 Å². The predicted molar refractivity (Wildman–Crippen MR) is 155 cm³/mol. The maximum atomic E-state index is 5.00. The van der Waals surface area contributed by atoms with Crippen LogP contribution >= 0.6 is 0 Å². The van der Waals surface area contributed by atoms with Crippen molar-refractivity contribution in [3.63, 3.8) is 0 Å². The molecule has 1 fully saturated rings. The van der Waals surface area contributed by atoms with E-state index in [-0.39, 0.29) is 0 Å². The first kappa shape index (κ1) is 22.9. The molecule has 2 aliphatic heterocycles. The molecule has 3 heteroatoms. The van der Waals surface area contributed by atoms with E-state index in [1.165, 1.54) is 52.5 Å². The monoisotopic (exact) mass is 469 g/mol. The van der Waals surface area contributed by atoms with Crippen LogP contribution in [0.2, 0.25) is 0 Å². The normalized spacial score (nSPS) is 18.2. The van der Waals surface area contributed by atoms with E-state index < -0.39 is 6.15 Å². The fraction of sp³-hybridized carbons (Fsp3) is 0.242. The lowest BCUT2D eigenvalue weighted by Crippen LogP contribution is -2.75. The summed E-state index contributed by atoms with van der Waals surface area (Å²) < 4.78 is 0. The fourth-order valence-electron chi connectivity index (χ4n) is 6.88. The number of hydrogen-bond donors (Lipinski definition) is 0. The Labute approximate surface area is 215 Å². The van der Waals surface area contributed by atoms with Gasteiger partial charge in [0.25, 0.3) is 0 Å². The first-order valence-corrected chi connectivity index (χ1v) is 13.6. The highest BCUT2D eigenvalue weighted by Crippen LogP contribution is 2.33. The van der Waals surface area contributed by atoms with Crippen LogP contribution in [0.25, 0.3) is 0 Å². The van der Waals surface area contributed by atoms with Gasteiger partial charge in [0.05, 0.1) is 11.9 Å². The lowest BCUT2D eigenvalue weighted by Gasteiger charge is -2.47. The quantitative estimate of drug-likeness (QED) is 0.384. The molecular formula is C33H34BN2-. The molecule has 4 aromatic rings. The molecule has 4 aromatic carbocycles. The van der Waals surface area contributed by atoms with Crippen LogP contribution in [0.1, 0.15) is 43.7 Å². The van der Waals surface area contributed by atoms with E-state index in [9.17, 15) is 0 Å². The lowest BCUT2D eigenvalue weighted by atomic mass is 9.12. The summed E-state index contributed by atoms with van der Waals surface area (Å²) in [4.78, 5) is 7.65. The van der Waals surface area contributed by atoms with Crippen LogP contribution in [-0.4, -0.2) is 30.0 Å². The second kappa shape index (κ2) is 10.2. The van der Waals surface area contributed by atoms with Crippen molar-refractivity contribution < 1.29 is 0 Å². The Balaban J connectivity index is 1.66. The van der Waals surface area contributed by atoms with Gasteiger partial charge in [-0.1, -0.05) is 127 Å². The SMILES string of the molecule is c1ccc([B-](c2ccccc2)(c2ccccc2)c2ccccc2C2CCCCC3=NCCCN32)cc1. The summed E-state index contributed by atoms with van der Waals surface area (Å²) in [6, 6.07) is 43.2. The standard InChI is InChI=1S/C33H34BN2/c1-4-15-27(16-5-1)34(28-17-6-2-7-18-28,29-19-8-3-9-20-29)31-22-11-10-21-30(31)32-23-12-13-24-33-35-25-14-26-36(32)33/h1-11,15-22,32H,12-14,23-26H2/q-1. The van der Waals surface area contributed by atoms with Crippen molar-refractivity contribution in [1.29, 1.82) is 0 Å². The fourth-order valence-corrected chi connectivity index (χ4v) is 6.88. The van der Waals surface area contributed by atoms with Gasteiger partial charge in [0.15, 0.2) is 0 Å². The Kier molecular flexibility index (Phi) is 6.47. The molecule has 0 saturated carbocycles. The first-order valence-electron chi connectivity index (χ1n) is 13.6. The number of aliphatic imine (C=N–C) groups is 1. The molecule has 0 radical (unpaired) electrons. The first-order chi connectivity index (χ1) is 17.9. The van der Waals surface area contributed by atoms with Crippen molar-refractivity contribution in [1.82, 2.24) is 4.90 Å². The third-order valence-electron chi connectivity index (χ3n) is 8.41. The van der Waals surface area contributed by atoms with E-state index in [2.05, 4.69) is 120 Å². The molecule has 2 nitrogen and oxygen atoms in total. The summed E-state index contributed by atoms with van der Waals surface area (Å²) in [6.07, 6.45) is 4.54. The van der Waals surface area contributed by atoms with Gasteiger partial charge in [0, 0.05) is 19.5 Å². The zero-order chi connectivity index (χ0) is 24.2. The molecule has 2 heterocycles. The number of nitrogens with zero attached hydrogens (tertiary/aromatic N) is 2. The minimum Gasteiger partial charge on any atom is -0.353 e. The van der Waals surface area contributed by atoms with E-state index >= 15 is 0 Å². The number of fused-ring (bicyclic) bond motifs is 1. The molecule has 6 rings (SSSR count). The van der Waals surface area contributed by atoms with Crippen molar-refractivity contribution in [3.8, 4) is 0 Å². The van der Waals surface area contributed by atoms with E-state index in [1.807, 2.05) is 0 Å². The Bertz CT molecular complexity index is 1220. The zero-order valence-corrected chi connectivity index (χ0v) is 21.0. The van der Waals surface area contributed by atoms with Gasteiger partial charge in [0.1, 0.15) is 6.15 Å². The Morgan fingerprint density at radius 1 is 0.611 bits per heavy atom. The van der Waals surface area contributed by atoms with Crippen molar-refractivity contribution >= 4 is 33.8 Å². The average Bonchev–Trinajstić information content (AvgIpc) is 3.18. The predicted octanol–water partition coefficient (Wildman–Crippen LogP) is 4.78. The van der Waals surface area contributed by atoms with Crippen LogP contribution in [0.3, 0.4) is 0 Å². The van der Waals surface area contributed by atoms with Crippen molar-refractivity contribution in [2.45, 2.75) is 38.1 Å². The lowest BCUT2D eigenvalue weighted by molar-refractivity contribution is 0.291. The molecule has 0 bridgehead atoms. The molecule has 180 valence electrons. The van der Waals surface area contributed by atoms with Crippen molar-refractivity contribution in [3.05, 3.63) is 121 Å². The Morgan fingerprint density at radius 3 is 1.78 bits per heavy atom. The molecule has 0 aromatic heterocycles. The van der Waals surface area contributed by atoms with Gasteiger partial charge in [-0.15, -0.1) is 0 Å². The molecule has 1 saturated heterocycles. The largest absolute Gasteiger partial charge is 0.353 e. The number of hydrogen-bond acceptors (Lipinski definition) is 2. The Hall–Kier alpha value is -3.59. The molecule has 1 atom stereocenters. The number of amidine groups is 1. The van der Waals surface area contributed by atoms with Crippen molar-refractivity contribution in [2.75, 3.05) is 13.1 Å². The highest BCUT2D eigenvalue weighted by molar-refractivity contribution is 7.20. The maximum absolute atomic E-state index is 5.00. The maximum Gasteiger partial charge on any atom is 0.108 e. The third-order valence-corrected chi connectivity index (χ3v) is 8.41. The molecule has 36 heavy (non-hydrogen) atoms. The second-order valence-electron chi connectivity index (χ2n) is 10.3. The van der Waals surface area contributed by atoms with Crippen LogP contribution in [-0.2, 0) is 0 Å². The molecule has 2 aliphatic rings. The van der Waals surface area contributed by atoms with Gasteiger partial charge in [0.2, 0.25) is 0 Å². The smallest absolute Gasteiger partial charge is 0.108 e. The second-order valence-corrected chi connectivity index (χ2v) is 10.3. The van der Waals surface area contributed by atoms with Crippen molar-refractivity contribution in [2.24, 2.45) is 4.99 Å². The van der Waals surface area contributed by atoms with Gasteiger partial charge in [-0.05, 0) is 19.3 Å². The minimum atomic E-state index is -1.38. The topological polar surface area (TPSA) is 15.6 Å². The van der Waals surface area contributed by atoms with E-state index in [0.29, 0.717) is 6.04 Å². The average molecular weight is 469 g/mol. The van der Waals surface area contributed by atoms with Crippen LogP contribution < -0.4 is 21.9 Å². The summed E-state index contributed by atoms with van der Waals surface area (Å²) >= 11 is 0. The van der Waals surface area contributed by atoms with E-state index in [4.69, 9.17) is 4.99 Å². The number of benzene rings is 4. The highest BCUT2D eigenvalue weighted by atomic mass is 15.2. The number of rotatable bonds is 5. The van der Waals surface area contributed by atoms with E-state index in [1.54, 1.807) is 0 Å². The van der Waals surface area contributed by atoms with Gasteiger partial charge in [-0.3, -0.25) is 4.99 Å². The van der Waals surface area contributed by atoms with Crippen LogP contribution in [0.15, 0.2) is 120 Å². The molecule has 0 amide bonds. The van der Waals surface area contributed by atoms with Crippen LogP contribution in [0.4, 0.5) is 0 Å². The van der Waals surface area contributed by atoms with E-state index in [0.717, 1.165) is 25.9 Å². The molecular weight excluding hydrogens is 435 g/mol. The van der Waals surface area contributed by atoms with Gasteiger partial charge < -0.3 is 4.90 Å². The molecule has 0 N–H and O–H groups in total. The summed E-state index contributed by atoms with van der Waals surface area (Å²) in [5.41, 5.74) is 7.00. The zero-order valence-electron chi connectivity index (χ0n) is 21.0. The summed E-state index contributed by atoms with van der Waals surface area (Å²) in [5, 5.41) is 0. The minimum absolute atomic E-state index is 0.361. The van der Waals surface area contributed by atoms with Gasteiger partial charge in [-0.2, -0.15) is 21.9 Å². The molecule has 0 spiro atoms. The summed E-state index contributed by atoms with van der Waals surface area (Å²) in [7, 11) is 0. The summed E-state index contributed by atoms with van der Waals surface area (Å²) in [6.45, 7) is 2.09.